The van der Waals surface area contributed by atoms with Gasteiger partial charge in [0, 0.05) is 11.1 Å². The molecule has 0 spiro atoms. The van der Waals surface area contributed by atoms with E-state index in [0.29, 0.717) is 21.1 Å². The summed E-state index contributed by atoms with van der Waals surface area (Å²) in [6.07, 6.45) is 2.71. The van der Waals surface area contributed by atoms with Crippen molar-refractivity contribution in [2.75, 3.05) is 11.9 Å². The number of benzene rings is 2. The molecule has 0 saturated carbocycles. The van der Waals surface area contributed by atoms with Gasteiger partial charge >= 0.3 is 0 Å². The van der Waals surface area contributed by atoms with Gasteiger partial charge < -0.3 is 10.1 Å². The quantitative estimate of drug-likeness (QED) is 0.542. The van der Waals surface area contributed by atoms with Gasteiger partial charge in [-0.1, -0.05) is 42.5 Å². The van der Waals surface area contributed by atoms with E-state index < -0.39 is 0 Å². The topological polar surface area (TPSA) is 88.6 Å². The second-order valence-electron chi connectivity index (χ2n) is 7.02. The summed E-state index contributed by atoms with van der Waals surface area (Å²) < 4.78 is 5.60. The minimum Gasteiger partial charge on any atom is -0.493 e. The number of ether oxygens (including phenoxy) is 1. The molecule has 0 aliphatic carbocycles. The van der Waals surface area contributed by atoms with Crippen LogP contribution in [0.25, 0.3) is 0 Å². The Bertz CT molecular complexity index is 1090. The highest BCUT2D eigenvalue weighted by molar-refractivity contribution is 7.15. The van der Waals surface area contributed by atoms with E-state index in [0.717, 1.165) is 12.2 Å². The lowest BCUT2D eigenvalue weighted by Crippen LogP contribution is -2.28. The molecule has 0 atom stereocenters. The Labute approximate surface area is 183 Å². The van der Waals surface area contributed by atoms with Crippen LogP contribution in [0.3, 0.4) is 0 Å². The Morgan fingerprint density at radius 3 is 2.39 bits per heavy atom. The maximum atomic E-state index is 12.5. The van der Waals surface area contributed by atoms with Crippen molar-refractivity contribution in [2.24, 2.45) is 0 Å². The molecule has 31 heavy (non-hydrogen) atoms. The predicted molar refractivity (Wildman–Crippen MR) is 117 cm³/mol. The Morgan fingerprint density at radius 2 is 1.74 bits per heavy atom. The Balaban J connectivity index is 1.27. The number of imide groups is 1. The molecule has 2 aromatic carbocycles. The van der Waals surface area contributed by atoms with Crippen molar-refractivity contribution in [1.82, 2.24) is 9.88 Å². The van der Waals surface area contributed by atoms with E-state index in [9.17, 15) is 14.4 Å². The van der Waals surface area contributed by atoms with E-state index in [1.165, 1.54) is 21.8 Å². The molecule has 7 nitrogen and oxygen atoms in total. The lowest BCUT2D eigenvalue weighted by molar-refractivity contribution is -0.116. The third-order valence-corrected chi connectivity index (χ3v) is 5.82. The van der Waals surface area contributed by atoms with Gasteiger partial charge in [-0.2, -0.15) is 0 Å². The molecule has 2 heterocycles. The monoisotopic (exact) mass is 435 g/mol. The Morgan fingerprint density at radius 1 is 1.06 bits per heavy atom. The molecule has 3 aromatic rings. The molecule has 158 valence electrons. The van der Waals surface area contributed by atoms with Gasteiger partial charge in [0.2, 0.25) is 5.91 Å². The van der Waals surface area contributed by atoms with Crippen LogP contribution in [0, 0.1) is 0 Å². The number of nitrogens with one attached hydrogen (secondary N) is 1. The minimum absolute atomic E-state index is 0.122. The van der Waals surface area contributed by atoms with Crippen LogP contribution in [0.2, 0.25) is 0 Å². The van der Waals surface area contributed by atoms with Gasteiger partial charge in [0.05, 0.1) is 30.7 Å². The fourth-order valence-corrected chi connectivity index (χ4v) is 4.06. The van der Waals surface area contributed by atoms with Crippen LogP contribution in [0.1, 0.15) is 44.5 Å². The summed E-state index contributed by atoms with van der Waals surface area (Å²) >= 11 is 1.23. The minimum atomic E-state index is -0.316. The summed E-state index contributed by atoms with van der Waals surface area (Å²) in [5.74, 6) is -0.123. The Hall–Kier alpha value is -3.52. The van der Waals surface area contributed by atoms with Gasteiger partial charge in [0.15, 0.2) is 5.13 Å². The molecule has 4 rings (SSSR count). The number of hydrogen-bond acceptors (Lipinski definition) is 6. The maximum Gasteiger partial charge on any atom is 0.261 e. The second-order valence-corrected chi connectivity index (χ2v) is 8.13. The van der Waals surface area contributed by atoms with Crippen molar-refractivity contribution in [1.29, 1.82) is 0 Å². The van der Waals surface area contributed by atoms with Crippen LogP contribution in [0.15, 0.2) is 54.7 Å². The van der Waals surface area contributed by atoms with Crippen molar-refractivity contribution < 1.29 is 19.1 Å². The molecule has 1 N–H and O–H groups in total. The summed E-state index contributed by atoms with van der Waals surface area (Å²) in [6, 6.07) is 14.5. The van der Waals surface area contributed by atoms with Crippen LogP contribution in [-0.2, 0) is 17.8 Å². The van der Waals surface area contributed by atoms with Crippen LogP contribution in [-0.4, -0.2) is 34.2 Å². The van der Waals surface area contributed by atoms with E-state index in [2.05, 4.69) is 17.2 Å². The van der Waals surface area contributed by atoms with Crippen LogP contribution in [0.4, 0.5) is 5.13 Å². The molecule has 0 unspecified atom stereocenters. The SMILES string of the molecule is CCc1ccc(OCCC(=O)Nc2ncc(CN3C(=O)c4ccccc4C3=O)s2)cc1. The number of aryl methyl sites for hydroxylation is 1. The number of nitrogens with zero attached hydrogens (tertiary/aromatic N) is 2. The van der Waals surface area contributed by atoms with Gasteiger partial charge in [-0.3, -0.25) is 19.3 Å². The second kappa shape index (κ2) is 9.09. The van der Waals surface area contributed by atoms with Crippen molar-refractivity contribution in [3.8, 4) is 5.75 Å². The first-order valence-electron chi connectivity index (χ1n) is 9.96. The first kappa shape index (κ1) is 20.7. The van der Waals surface area contributed by atoms with Crippen molar-refractivity contribution in [3.63, 3.8) is 0 Å². The zero-order valence-corrected chi connectivity index (χ0v) is 17.8. The van der Waals surface area contributed by atoms with E-state index in [1.807, 2.05) is 24.3 Å². The maximum absolute atomic E-state index is 12.5. The van der Waals surface area contributed by atoms with Crippen LogP contribution >= 0.6 is 11.3 Å². The molecular weight excluding hydrogens is 414 g/mol. The average Bonchev–Trinajstić information content (AvgIpc) is 3.32. The van der Waals surface area contributed by atoms with Gasteiger partial charge in [-0.25, -0.2) is 4.98 Å². The van der Waals surface area contributed by atoms with Gasteiger partial charge in [0.25, 0.3) is 11.8 Å². The molecule has 0 radical (unpaired) electrons. The smallest absolute Gasteiger partial charge is 0.261 e. The number of hydrogen-bond donors (Lipinski definition) is 1. The standard InChI is InChI=1S/C23H21N3O4S/c1-2-15-7-9-16(10-8-15)30-12-11-20(27)25-23-24-13-17(31-23)14-26-21(28)18-5-3-4-6-19(18)22(26)29/h3-10,13H,2,11-12,14H2,1H3,(H,24,25,27). The van der Waals surface area contributed by atoms with E-state index in [1.54, 1.807) is 30.5 Å². The summed E-state index contributed by atoms with van der Waals surface area (Å²) in [5, 5.41) is 3.15. The number of carbonyl (C=O) groups excluding carboxylic acids is 3. The molecular formula is C23H21N3O4S. The third-order valence-electron chi connectivity index (χ3n) is 4.92. The number of fused-ring (bicyclic) bond motifs is 1. The molecule has 3 amide bonds. The van der Waals surface area contributed by atoms with Gasteiger partial charge in [0.1, 0.15) is 5.75 Å². The number of thiazole rings is 1. The highest BCUT2D eigenvalue weighted by Crippen LogP contribution is 2.27. The van der Waals surface area contributed by atoms with E-state index >= 15 is 0 Å². The van der Waals surface area contributed by atoms with Crippen molar-refractivity contribution >= 4 is 34.2 Å². The summed E-state index contributed by atoms with van der Waals surface area (Å²) in [6.45, 7) is 2.46. The van der Waals surface area contributed by atoms with Crippen LogP contribution < -0.4 is 10.1 Å². The fourth-order valence-electron chi connectivity index (χ4n) is 3.24. The molecule has 0 bridgehead atoms. The average molecular weight is 436 g/mol. The molecule has 0 fully saturated rings. The number of amides is 3. The first-order chi connectivity index (χ1) is 15.0. The predicted octanol–water partition coefficient (Wildman–Crippen LogP) is 3.91. The third kappa shape index (κ3) is 4.64. The Kier molecular flexibility index (Phi) is 6.08. The first-order valence-corrected chi connectivity index (χ1v) is 10.8. The molecule has 1 aromatic heterocycles. The number of rotatable bonds is 8. The van der Waals surface area contributed by atoms with Gasteiger partial charge in [-0.15, -0.1) is 0 Å². The van der Waals surface area contributed by atoms with Gasteiger partial charge in [-0.05, 0) is 36.2 Å². The zero-order chi connectivity index (χ0) is 21.8. The highest BCUT2D eigenvalue weighted by atomic mass is 32.1. The molecule has 1 aliphatic heterocycles. The van der Waals surface area contributed by atoms with Crippen molar-refractivity contribution in [2.45, 2.75) is 26.3 Å². The van der Waals surface area contributed by atoms with E-state index in [-0.39, 0.29) is 37.3 Å². The van der Waals surface area contributed by atoms with Crippen molar-refractivity contribution in [3.05, 3.63) is 76.3 Å². The lowest BCUT2D eigenvalue weighted by atomic mass is 10.1. The summed E-state index contributed by atoms with van der Waals surface area (Å²) in [7, 11) is 0. The number of carbonyl (C=O) groups is 3. The summed E-state index contributed by atoms with van der Waals surface area (Å²) in [4.78, 5) is 43.2. The molecule has 8 heteroatoms. The fraction of sp³-hybridized carbons (Fsp3) is 0.217. The summed E-state index contributed by atoms with van der Waals surface area (Å²) in [5.41, 5.74) is 2.05. The molecule has 1 aliphatic rings. The zero-order valence-electron chi connectivity index (χ0n) is 17.0. The molecule has 0 saturated heterocycles. The normalized spacial score (nSPS) is 12.7. The lowest BCUT2D eigenvalue weighted by Gasteiger charge is -2.11. The largest absolute Gasteiger partial charge is 0.493 e. The number of anilines is 1. The number of aromatic nitrogens is 1. The highest BCUT2D eigenvalue weighted by Gasteiger charge is 2.35. The van der Waals surface area contributed by atoms with E-state index in [4.69, 9.17) is 4.74 Å². The van der Waals surface area contributed by atoms with Crippen LogP contribution in [0.5, 0.6) is 5.75 Å².